The summed E-state index contributed by atoms with van der Waals surface area (Å²) in [6, 6.07) is 17.6. The van der Waals surface area contributed by atoms with Crippen LogP contribution in [0.15, 0.2) is 60.2 Å². The SMILES string of the molecule is CC(NC(=O)/C(C#N)=C/c1cccc(O)c1)c1ccccc1. The Kier molecular flexibility index (Phi) is 4.94. The van der Waals surface area contributed by atoms with Gasteiger partial charge in [0.25, 0.3) is 5.91 Å². The van der Waals surface area contributed by atoms with Crippen LogP contribution in [0.3, 0.4) is 0 Å². The van der Waals surface area contributed by atoms with Crippen molar-refractivity contribution in [3.63, 3.8) is 0 Å². The Morgan fingerprint density at radius 1 is 1.23 bits per heavy atom. The number of rotatable bonds is 4. The molecule has 0 saturated carbocycles. The number of nitrogens with zero attached hydrogens (tertiary/aromatic N) is 1. The second kappa shape index (κ2) is 7.09. The van der Waals surface area contributed by atoms with Gasteiger partial charge in [0.15, 0.2) is 0 Å². The second-order valence-corrected chi connectivity index (χ2v) is 4.87. The highest BCUT2D eigenvalue weighted by atomic mass is 16.3. The van der Waals surface area contributed by atoms with Gasteiger partial charge in [-0.1, -0.05) is 42.5 Å². The molecule has 4 nitrogen and oxygen atoms in total. The first kappa shape index (κ1) is 15.3. The van der Waals surface area contributed by atoms with Crippen LogP contribution in [-0.4, -0.2) is 11.0 Å². The first-order valence-electron chi connectivity index (χ1n) is 6.87. The molecule has 0 aliphatic rings. The summed E-state index contributed by atoms with van der Waals surface area (Å²) in [5, 5.41) is 21.4. The lowest BCUT2D eigenvalue weighted by atomic mass is 10.1. The first-order chi connectivity index (χ1) is 10.6. The molecule has 0 heterocycles. The fourth-order valence-electron chi connectivity index (χ4n) is 2.03. The zero-order chi connectivity index (χ0) is 15.9. The highest BCUT2D eigenvalue weighted by Gasteiger charge is 2.13. The Labute approximate surface area is 129 Å². The normalized spacial score (nSPS) is 12.3. The minimum Gasteiger partial charge on any atom is -0.508 e. The summed E-state index contributed by atoms with van der Waals surface area (Å²) in [7, 11) is 0. The van der Waals surface area contributed by atoms with Crippen LogP contribution >= 0.6 is 0 Å². The molecule has 0 aliphatic carbocycles. The van der Waals surface area contributed by atoms with Gasteiger partial charge in [-0.25, -0.2) is 0 Å². The molecule has 110 valence electrons. The molecule has 0 fully saturated rings. The lowest BCUT2D eigenvalue weighted by molar-refractivity contribution is -0.117. The van der Waals surface area contributed by atoms with Crippen molar-refractivity contribution >= 4 is 12.0 Å². The van der Waals surface area contributed by atoms with E-state index in [4.69, 9.17) is 5.26 Å². The van der Waals surface area contributed by atoms with E-state index in [-0.39, 0.29) is 17.4 Å². The van der Waals surface area contributed by atoms with Crippen LogP contribution < -0.4 is 5.32 Å². The minimum absolute atomic E-state index is 0.00613. The predicted molar refractivity (Wildman–Crippen MR) is 84.7 cm³/mol. The summed E-state index contributed by atoms with van der Waals surface area (Å²) in [6.45, 7) is 1.86. The first-order valence-corrected chi connectivity index (χ1v) is 6.87. The van der Waals surface area contributed by atoms with Crippen LogP contribution in [0.25, 0.3) is 6.08 Å². The van der Waals surface area contributed by atoms with Crippen LogP contribution in [0.2, 0.25) is 0 Å². The minimum atomic E-state index is -0.442. The monoisotopic (exact) mass is 292 g/mol. The average molecular weight is 292 g/mol. The van der Waals surface area contributed by atoms with Crippen molar-refractivity contribution in [2.45, 2.75) is 13.0 Å². The fraction of sp³-hybridized carbons (Fsp3) is 0.111. The molecule has 0 saturated heterocycles. The largest absolute Gasteiger partial charge is 0.508 e. The molecule has 1 atom stereocenters. The van der Waals surface area contributed by atoms with Crippen LogP contribution in [-0.2, 0) is 4.79 Å². The maximum absolute atomic E-state index is 12.2. The summed E-state index contributed by atoms with van der Waals surface area (Å²) in [5.74, 6) is -0.355. The van der Waals surface area contributed by atoms with Gasteiger partial charge in [-0.2, -0.15) is 5.26 Å². The van der Waals surface area contributed by atoms with Crippen molar-refractivity contribution in [2.75, 3.05) is 0 Å². The maximum Gasteiger partial charge on any atom is 0.262 e. The zero-order valence-electron chi connectivity index (χ0n) is 12.2. The third kappa shape index (κ3) is 3.97. The van der Waals surface area contributed by atoms with Crippen molar-refractivity contribution < 1.29 is 9.90 Å². The van der Waals surface area contributed by atoms with E-state index in [1.165, 1.54) is 18.2 Å². The molecular formula is C18H16N2O2. The summed E-state index contributed by atoms with van der Waals surface area (Å²) in [5.41, 5.74) is 1.55. The molecule has 1 unspecified atom stereocenters. The van der Waals surface area contributed by atoms with Gasteiger partial charge in [0, 0.05) is 0 Å². The number of amides is 1. The molecule has 0 spiro atoms. The number of nitriles is 1. The number of carbonyl (C=O) groups excluding carboxylic acids is 1. The standard InChI is InChI=1S/C18H16N2O2/c1-13(15-7-3-2-4-8-15)20-18(22)16(12-19)10-14-6-5-9-17(21)11-14/h2-11,13,21H,1H3,(H,20,22)/b16-10+. The summed E-state index contributed by atoms with van der Waals surface area (Å²) in [6.07, 6.45) is 1.45. The highest BCUT2D eigenvalue weighted by molar-refractivity contribution is 6.01. The lowest BCUT2D eigenvalue weighted by Crippen LogP contribution is -2.27. The van der Waals surface area contributed by atoms with Crippen LogP contribution in [0, 0.1) is 11.3 Å². The Morgan fingerprint density at radius 2 is 1.95 bits per heavy atom. The van der Waals surface area contributed by atoms with E-state index >= 15 is 0 Å². The number of hydrogen-bond acceptors (Lipinski definition) is 3. The molecule has 4 heteroatoms. The molecule has 0 radical (unpaired) electrons. The van der Waals surface area contributed by atoms with Gasteiger partial charge in [-0.3, -0.25) is 4.79 Å². The van der Waals surface area contributed by atoms with E-state index in [1.54, 1.807) is 12.1 Å². The second-order valence-electron chi connectivity index (χ2n) is 4.87. The van der Waals surface area contributed by atoms with Crippen molar-refractivity contribution in [3.05, 3.63) is 71.3 Å². The number of nitrogens with one attached hydrogen (secondary N) is 1. The molecule has 0 aromatic heterocycles. The third-order valence-corrected chi connectivity index (χ3v) is 3.19. The topological polar surface area (TPSA) is 73.1 Å². The average Bonchev–Trinajstić information content (AvgIpc) is 2.53. The molecule has 1 amide bonds. The molecule has 2 rings (SSSR count). The third-order valence-electron chi connectivity index (χ3n) is 3.19. The number of carbonyl (C=O) groups is 1. The number of hydrogen-bond donors (Lipinski definition) is 2. The summed E-state index contributed by atoms with van der Waals surface area (Å²) in [4.78, 5) is 12.2. The smallest absolute Gasteiger partial charge is 0.262 e. The predicted octanol–water partition coefficient (Wildman–Crippen LogP) is 3.18. The fourth-order valence-corrected chi connectivity index (χ4v) is 2.03. The van der Waals surface area contributed by atoms with Gasteiger partial charge in [0.1, 0.15) is 17.4 Å². The van der Waals surface area contributed by atoms with Gasteiger partial charge in [0.05, 0.1) is 6.04 Å². The lowest BCUT2D eigenvalue weighted by Gasteiger charge is -2.13. The van der Waals surface area contributed by atoms with E-state index in [1.807, 2.05) is 43.3 Å². The van der Waals surface area contributed by atoms with Gasteiger partial charge in [-0.15, -0.1) is 0 Å². The van der Waals surface area contributed by atoms with Gasteiger partial charge >= 0.3 is 0 Å². The molecule has 0 aliphatic heterocycles. The molecule has 2 aromatic carbocycles. The number of benzene rings is 2. The highest BCUT2D eigenvalue weighted by Crippen LogP contribution is 2.15. The Morgan fingerprint density at radius 3 is 2.59 bits per heavy atom. The molecule has 0 bridgehead atoms. The van der Waals surface area contributed by atoms with Crippen molar-refractivity contribution in [3.8, 4) is 11.8 Å². The zero-order valence-corrected chi connectivity index (χ0v) is 12.2. The van der Waals surface area contributed by atoms with E-state index < -0.39 is 5.91 Å². The van der Waals surface area contributed by atoms with E-state index in [0.717, 1.165) is 5.56 Å². The Balaban J connectivity index is 2.14. The van der Waals surface area contributed by atoms with Crippen LogP contribution in [0.4, 0.5) is 0 Å². The van der Waals surface area contributed by atoms with Crippen LogP contribution in [0.5, 0.6) is 5.75 Å². The Hall–Kier alpha value is -3.06. The van der Waals surface area contributed by atoms with Gasteiger partial charge < -0.3 is 10.4 Å². The summed E-state index contributed by atoms with van der Waals surface area (Å²) >= 11 is 0. The van der Waals surface area contributed by atoms with Crippen molar-refractivity contribution in [2.24, 2.45) is 0 Å². The van der Waals surface area contributed by atoms with E-state index in [2.05, 4.69) is 5.32 Å². The van der Waals surface area contributed by atoms with E-state index in [9.17, 15) is 9.90 Å². The molecule has 22 heavy (non-hydrogen) atoms. The van der Waals surface area contributed by atoms with Crippen molar-refractivity contribution in [1.82, 2.24) is 5.32 Å². The van der Waals surface area contributed by atoms with Gasteiger partial charge in [0.2, 0.25) is 0 Å². The maximum atomic E-state index is 12.2. The number of phenolic OH excluding ortho intramolecular Hbond substituents is 1. The van der Waals surface area contributed by atoms with Crippen LogP contribution in [0.1, 0.15) is 24.1 Å². The molecule has 2 N–H and O–H groups in total. The Bertz CT molecular complexity index is 730. The quantitative estimate of drug-likeness (QED) is 0.671. The number of phenols is 1. The number of aromatic hydroxyl groups is 1. The van der Waals surface area contributed by atoms with Gasteiger partial charge in [-0.05, 0) is 36.3 Å². The molecule has 2 aromatic rings. The molecular weight excluding hydrogens is 276 g/mol. The van der Waals surface area contributed by atoms with E-state index in [0.29, 0.717) is 5.56 Å². The van der Waals surface area contributed by atoms with Crippen molar-refractivity contribution in [1.29, 1.82) is 5.26 Å². The summed E-state index contributed by atoms with van der Waals surface area (Å²) < 4.78 is 0.